The Balaban J connectivity index is 1.31. The number of nitrogens with one attached hydrogen (secondary N) is 2. The number of rotatable bonds is 4. The molecule has 1 aromatic rings. The van der Waals surface area contributed by atoms with Crippen LogP contribution in [0.4, 0.5) is 0 Å². The van der Waals surface area contributed by atoms with Gasteiger partial charge in [-0.25, -0.2) is 0 Å². The summed E-state index contributed by atoms with van der Waals surface area (Å²) in [6.45, 7) is 4.48. The summed E-state index contributed by atoms with van der Waals surface area (Å²) < 4.78 is 5.93. The van der Waals surface area contributed by atoms with E-state index in [4.69, 9.17) is 4.74 Å². The smallest absolute Gasteiger partial charge is 0.191 e. The highest BCUT2D eigenvalue weighted by Crippen LogP contribution is 2.41. The molecular formula is C20H29N3O. The van der Waals surface area contributed by atoms with Gasteiger partial charge in [0.1, 0.15) is 0 Å². The molecule has 4 nitrogen and oxygen atoms in total. The number of benzene rings is 1. The van der Waals surface area contributed by atoms with Gasteiger partial charge in [-0.05, 0) is 42.7 Å². The molecule has 2 N–H and O–H groups in total. The van der Waals surface area contributed by atoms with Crippen LogP contribution in [0.25, 0.3) is 0 Å². The van der Waals surface area contributed by atoms with Gasteiger partial charge in [-0.3, -0.25) is 4.99 Å². The van der Waals surface area contributed by atoms with E-state index in [9.17, 15) is 0 Å². The lowest BCUT2D eigenvalue weighted by molar-refractivity contribution is 0.0992. The molecule has 0 aromatic heterocycles. The van der Waals surface area contributed by atoms with Gasteiger partial charge in [-0.1, -0.05) is 38.1 Å². The zero-order valence-electron chi connectivity index (χ0n) is 15.0. The Kier molecular flexibility index (Phi) is 4.25. The van der Waals surface area contributed by atoms with E-state index in [-0.39, 0.29) is 0 Å². The average molecular weight is 327 g/mol. The molecule has 2 heterocycles. The van der Waals surface area contributed by atoms with E-state index >= 15 is 0 Å². The normalized spacial score (nSPS) is 34.7. The van der Waals surface area contributed by atoms with E-state index in [0.29, 0.717) is 36.1 Å². The van der Waals surface area contributed by atoms with Gasteiger partial charge in [-0.2, -0.15) is 0 Å². The third kappa shape index (κ3) is 3.16. The predicted molar refractivity (Wildman–Crippen MR) is 97.6 cm³/mol. The number of guanidine groups is 1. The SMILES string of the molecule is CN=C(NC1CC2CCC1O2)NC1CC1c1ccc(C(C)C)cc1. The minimum Gasteiger partial charge on any atom is -0.373 e. The van der Waals surface area contributed by atoms with Crippen molar-refractivity contribution in [2.24, 2.45) is 4.99 Å². The van der Waals surface area contributed by atoms with Crippen LogP contribution < -0.4 is 10.6 Å². The molecule has 0 amide bonds. The Labute approximate surface area is 145 Å². The van der Waals surface area contributed by atoms with Gasteiger partial charge in [0.25, 0.3) is 0 Å². The zero-order chi connectivity index (χ0) is 16.7. The summed E-state index contributed by atoms with van der Waals surface area (Å²) >= 11 is 0. The van der Waals surface area contributed by atoms with Crippen LogP contribution in [0.3, 0.4) is 0 Å². The van der Waals surface area contributed by atoms with E-state index < -0.39 is 0 Å². The highest BCUT2D eigenvalue weighted by Gasteiger charge is 2.43. The number of fused-ring (bicyclic) bond motifs is 2. The fourth-order valence-corrected chi connectivity index (χ4v) is 4.16. The van der Waals surface area contributed by atoms with Gasteiger partial charge in [0.2, 0.25) is 0 Å². The summed E-state index contributed by atoms with van der Waals surface area (Å²) in [7, 11) is 1.86. The molecule has 1 saturated carbocycles. The largest absolute Gasteiger partial charge is 0.373 e. The standard InChI is InChI=1S/C20H29N3O/c1-12(2)13-4-6-14(7-5-13)16-11-17(16)22-20(21-3)23-18-10-15-8-9-19(18)24-15/h4-7,12,15-19H,8-11H2,1-3H3,(H2,21,22,23). The van der Waals surface area contributed by atoms with E-state index in [1.807, 2.05) is 7.05 Å². The Morgan fingerprint density at radius 2 is 1.83 bits per heavy atom. The van der Waals surface area contributed by atoms with Crippen LogP contribution >= 0.6 is 0 Å². The molecule has 3 fully saturated rings. The predicted octanol–water partition coefficient (Wildman–Crippen LogP) is 3.15. The summed E-state index contributed by atoms with van der Waals surface area (Å²) in [5.41, 5.74) is 2.85. The Morgan fingerprint density at radius 3 is 2.42 bits per heavy atom. The van der Waals surface area contributed by atoms with Crippen molar-refractivity contribution in [2.75, 3.05) is 7.05 Å². The van der Waals surface area contributed by atoms with Crippen molar-refractivity contribution in [3.8, 4) is 0 Å². The molecule has 5 unspecified atom stereocenters. The van der Waals surface area contributed by atoms with Gasteiger partial charge in [0.15, 0.2) is 5.96 Å². The maximum absolute atomic E-state index is 5.93. The summed E-state index contributed by atoms with van der Waals surface area (Å²) in [4.78, 5) is 4.42. The van der Waals surface area contributed by atoms with Gasteiger partial charge in [0.05, 0.1) is 18.2 Å². The second kappa shape index (κ2) is 6.40. The van der Waals surface area contributed by atoms with Crippen molar-refractivity contribution in [1.82, 2.24) is 10.6 Å². The topological polar surface area (TPSA) is 45.7 Å². The van der Waals surface area contributed by atoms with Crippen LogP contribution in [0.1, 0.15) is 62.5 Å². The fraction of sp³-hybridized carbons (Fsp3) is 0.650. The van der Waals surface area contributed by atoms with E-state index in [0.717, 1.165) is 12.4 Å². The van der Waals surface area contributed by atoms with Crippen LogP contribution in [0.5, 0.6) is 0 Å². The molecule has 3 aliphatic rings. The Morgan fingerprint density at radius 1 is 1.08 bits per heavy atom. The summed E-state index contributed by atoms with van der Waals surface area (Å²) in [5, 5.41) is 7.17. The van der Waals surface area contributed by atoms with Crippen LogP contribution in [-0.4, -0.2) is 37.3 Å². The third-order valence-electron chi connectivity index (χ3n) is 5.80. The minimum absolute atomic E-state index is 0.382. The van der Waals surface area contributed by atoms with Crippen molar-refractivity contribution in [1.29, 1.82) is 0 Å². The van der Waals surface area contributed by atoms with E-state index in [1.165, 1.54) is 30.4 Å². The summed E-state index contributed by atoms with van der Waals surface area (Å²) in [5.74, 6) is 2.14. The number of aliphatic imine (C=N–C) groups is 1. The molecule has 5 atom stereocenters. The van der Waals surface area contributed by atoms with E-state index in [1.54, 1.807) is 0 Å². The van der Waals surface area contributed by atoms with Crippen molar-refractivity contribution in [3.05, 3.63) is 35.4 Å². The average Bonchev–Trinajstić information content (AvgIpc) is 3.03. The second-order valence-electron chi connectivity index (χ2n) is 7.85. The lowest BCUT2D eigenvalue weighted by Gasteiger charge is -2.22. The molecule has 2 aliphatic heterocycles. The first kappa shape index (κ1) is 15.9. The van der Waals surface area contributed by atoms with Crippen molar-refractivity contribution in [2.45, 2.75) is 75.7 Å². The highest BCUT2D eigenvalue weighted by atomic mass is 16.5. The van der Waals surface area contributed by atoms with Crippen molar-refractivity contribution in [3.63, 3.8) is 0 Å². The van der Waals surface area contributed by atoms with Gasteiger partial charge in [-0.15, -0.1) is 0 Å². The molecule has 4 rings (SSSR count). The Hall–Kier alpha value is -1.55. The first-order chi connectivity index (χ1) is 11.6. The van der Waals surface area contributed by atoms with Gasteiger partial charge in [0, 0.05) is 19.0 Å². The molecule has 24 heavy (non-hydrogen) atoms. The van der Waals surface area contributed by atoms with Crippen LogP contribution in [0.15, 0.2) is 29.3 Å². The third-order valence-corrected chi connectivity index (χ3v) is 5.80. The molecule has 1 aromatic carbocycles. The van der Waals surface area contributed by atoms with Gasteiger partial charge >= 0.3 is 0 Å². The number of ether oxygens (including phenoxy) is 1. The number of hydrogen-bond donors (Lipinski definition) is 2. The van der Waals surface area contributed by atoms with E-state index in [2.05, 4.69) is 53.7 Å². The lowest BCUT2D eigenvalue weighted by atomic mass is 9.96. The lowest BCUT2D eigenvalue weighted by Crippen LogP contribution is -2.48. The monoisotopic (exact) mass is 327 g/mol. The fourth-order valence-electron chi connectivity index (χ4n) is 4.16. The molecule has 2 bridgehead atoms. The second-order valence-corrected chi connectivity index (χ2v) is 7.85. The molecule has 0 radical (unpaired) electrons. The molecule has 4 heteroatoms. The Bertz CT molecular complexity index is 610. The number of hydrogen-bond acceptors (Lipinski definition) is 2. The minimum atomic E-state index is 0.382. The molecule has 130 valence electrons. The molecule has 1 aliphatic carbocycles. The molecular weight excluding hydrogens is 298 g/mol. The van der Waals surface area contributed by atoms with Crippen molar-refractivity contribution < 1.29 is 4.74 Å². The number of nitrogens with zero attached hydrogens (tertiary/aromatic N) is 1. The van der Waals surface area contributed by atoms with Crippen molar-refractivity contribution >= 4 is 5.96 Å². The summed E-state index contributed by atoms with van der Waals surface area (Å²) in [6, 6.07) is 10.1. The first-order valence-electron chi connectivity index (χ1n) is 9.39. The quantitative estimate of drug-likeness (QED) is 0.660. The molecule has 2 saturated heterocycles. The van der Waals surface area contributed by atoms with Gasteiger partial charge < -0.3 is 15.4 Å². The maximum atomic E-state index is 5.93. The van der Waals surface area contributed by atoms with Crippen LogP contribution in [0, 0.1) is 0 Å². The van der Waals surface area contributed by atoms with Crippen LogP contribution in [0.2, 0.25) is 0 Å². The molecule has 0 spiro atoms. The maximum Gasteiger partial charge on any atom is 0.191 e. The zero-order valence-corrected chi connectivity index (χ0v) is 15.0. The summed E-state index contributed by atoms with van der Waals surface area (Å²) in [6.07, 6.45) is 5.58. The first-order valence-corrected chi connectivity index (χ1v) is 9.39. The van der Waals surface area contributed by atoms with Crippen LogP contribution in [-0.2, 0) is 4.74 Å². The highest BCUT2D eigenvalue weighted by molar-refractivity contribution is 5.81.